The molecule has 6 nitrogen and oxygen atoms in total. The molecule has 3 heterocycles. The highest BCUT2D eigenvalue weighted by Gasteiger charge is 2.18. The van der Waals surface area contributed by atoms with Crippen LogP contribution in [0.2, 0.25) is 0 Å². The minimum Gasteiger partial charge on any atom is -0.382 e. The highest BCUT2D eigenvalue weighted by Crippen LogP contribution is 2.18. The Bertz CT molecular complexity index is 1060. The molecule has 0 aliphatic carbocycles. The molecule has 3 aromatic rings. The number of nitrogens with zero attached hydrogens (tertiary/aromatic N) is 3. The van der Waals surface area contributed by atoms with Gasteiger partial charge in [0.1, 0.15) is 0 Å². The van der Waals surface area contributed by atoms with Gasteiger partial charge in [0.05, 0.1) is 22.5 Å². The molecular formula is C23H25N5O. The Hall–Kier alpha value is -3.17. The topological polar surface area (TPSA) is 84.8 Å². The summed E-state index contributed by atoms with van der Waals surface area (Å²) in [7, 11) is 0. The van der Waals surface area contributed by atoms with Gasteiger partial charge in [0, 0.05) is 36.7 Å². The van der Waals surface area contributed by atoms with Crippen LogP contribution < -0.4 is 10.9 Å². The molecule has 0 radical (unpaired) electrons. The molecule has 0 unspecified atom stereocenters. The van der Waals surface area contributed by atoms with Crippen molar-refractivity contribution in [1.82, 2.24) is 14.9 Å². The van der Waals surface area contributed by atoms with Crippen molar-refractivity contribution >= 4 is 16.6 Å². The molecule has 0 amide bonds. The van der Waals surface area contributed by atoms with Crippen LogP contribution in [0.5, 0.6) is 0 Å². The summed E-state index contributed by atoms with van der Waals surface area (Å²) in [6.07, 6.45) is 5.81. The van der Waals surface area contributed by atoms with Crippen LogP contribution in [0.4, 0.5) is 5.69 Å². The van der Waals surface area contributed by atoms with E-state index in [-0.39, 0.29) is 5.56 Å². The zero-order chi connectivity index (χ0) is 20.1. The third kappa shape index (κ3) is 4.82. The van der Waals surface area contributed by atoms with Crippen molar-refractivity contribution in [2.75, 3.05) is 25.0 Å². The van der Waals surface area contributed by atoms with Gasteiger partial charge in [0.25, 0.3) is 5.56 Å². The van der Waals surface area contributed by atoms with E-state index >= 15 is 0 Å². The fraction of sp³-hybridized carbons (Fsp3) is 0.348. The average Bonchev–Trinajstić information content (AvgIpc) is 2.76. The third-order valence-electron chi connectivity index (χ3n) is 5.56. The Labute approximate surface area is 170 Å². The smallest absolute Gasteiger partial charge is 0.257 e. The van der Waals surface area contributed by atoms with Gasteiger partial charge >= 0.3 is 0 Å². The molecule has 148 valence electrons. The molecule has 1 saturated heterocycles. The zero-order valence-electron chi connectivity index (χ0n) is 16.4. The zero-order valence-corrected chi connectivity index (χ0v) is 16.4. The van der Waals surface area contributed by atoms with Crippen LogP contribution in [-0.4, -0.2) is 40.5 Å². The largest absolute Gasteiger partial charge is 0.382 e. The summed E-state index contributed by atoms with van der Waals surface area (Å²) in [5.74, 6) is 0. The van der Waals surface area contributed by atoms with Gasteiger partial charge in [-0.25, -0.2) is 0 Å². The quantitative estimate of drug-likeness (QED) is 0.678. The maximum Gasteiger partial charge on any atom is 0.257 e. The number of hydrogen-bond donors (Lipinski definition) is 2. The summed E-state index contributed by atoms with van der Waals surface area (Å²) < 4.78 is 0. The normalized spacial score (nSPS) is 15.3. The molecule has 0 atom stereocenters. The van der Waals surface area contributed by atoms with Crippen molar-refractivity contribution in [3.8, 4) is 6.07 Å². The highest BCUT2D eigenvalue weighted by molar-refractivity contribution is 5.77. The van der Waals surface area contributed by atoms with Crippen LogP contribution in [0, 0.1) is 11.3 Å². The predicted molar refractivity (Wildman–Crippen MR) is 115 cm³/mol. The highest BCUT2D eigenvalue weighted by atomic mass is 16.1. The van der Waals surface area contributed by atoms with Gasteiger partial charge in [-0.2, -0.15) is 5.26 Å². The van der Waals surface area contributed by atoms with Crippen molar-refractivity contribution < 1.29 is 0 Å². The first-order valence-corrected chi connectivity index (χ1v) is 10.2. The fourth-order valence-electron chi connectivity index (χ4n) is 3.94. The summed E-state index contributed by atoms with van der Waals surface area (Å²) in [5.41, 5.74) is 3.44. The van der Waals surface area contributed by atoms with Gasteiger partial charge < -0.3 is 15.2 Å². The monoisotopic (exact) mass is 387 g/mol. The molecule has 1 aromatic carbocycles. The van der Waals surface area contributed by atoms with E-state index in [2.05, 4.69) is 26.3 Å². The van der Waals surface area contributed by atoms with Gasteiger partial charge in [-0.05, 0) is 74.7 Å². The molecule has 2 N–H and O–H groups in total. The lowest BCUT2D eigenvalue weighted by Gasteiger charge is -2.32. The third-order valence-corrected chi connectivity index (χ3v) is 5.56. The van der Waals surface area contributed by atoms with E-state index in [0.29, 0.717) is 17.0 Å². The number of aryl methyl sites for hydroxylation is 1. The number of nitrogens with one attached hydrogen (secondary N) is 2. The van der Waals surface area contributed by atoms with E-state index in [1.165, 1.54) is 0 Å². The second-order valence-corrected chi connectivity index (χ2v) is 7.61. The standard InChI is InChI=1S/C23H25N5O/c24-16-17-5-7-18(8-6-17)26-19-9-13-28(14-10-19)12-2-3-20-15-22-21(23(29)27-20)4-1-11-25-22/h1,4-8,11,15,19,26H,2-3,9-10,12-14H2,(H,27,29). The molecule has 1 aliphatic heterocycles. The number of aromatic nitrogens is 2. The van der Waals surface area contributed by atoms with Gasteiger partial charge in [0.15, 0.2) is 0 Å². The summed E-state index contributed by atoms with van der Waals surface area (Å²) in [5, 5.41) is 13.1. The molecule has 4 rings (SSSR count). The van der Waals surface area contributed by atoms with Crippen molar-refractivity contribution in [1.29, 1.82) is 5.26 Å². The number of hydrogen-bond acceptors (Lipinski definition) is 5. The number of likely N-dealkylation sites (tertiary alicyclic amines) is 1. The Morgan fingerprint density at radius 2 is 2.00 bits per heavy atom. The van der Waals surface area contributed by atoms with E-state index in [1.54, 1.807) is 18.3 Å². The molecule has 0 spiro atoms. The van der Waals surface area contributed by atoms with Crippen LogP contribution in [0.15, 0.2) is 53.5 Å². The molecule has 6 heteroatoms. The number of rotatable bonds is 6. The van der Waals surface area contributed by atoms with Crippen LogP contribution in [0.1, 0.15) is 30.5 Å². The van der Waals surface area contributed by atoms with Crippen molar-refractivity contribution in [2.24, 2.45) is 0 Å². The number of pyridine rings is 2. The fourth-order valence-corrected chi connectivity index (χ4v) is 3.94. The van der Waals surface area contributed by atoms with Crippen LogP contribution >= 0.6 is 0 Å². The lowest BCUT2D eigenvalue weighted by Crippen LogP contribution is -2.39. The Morgan fingerprint density at radius 1 is 1.21 bits per heavy atom. The lowest BCUT2D eigenvalue weighted by molar-refractivity contribution is 0.217. The molecular weight excluding hydrogens is 362 g/mol. The second kappa shape index (κ2) is 8.89. The van der Waals surface area contributed by atoms with Crippen LogP contribution in [-0.2, 0) is 6.42 Å². The first-order valence-electron chi connectivity index (χ1n) is 10.2. The van der Waals surface area contributed by atoms with Crippen molar-refractivity contribution in [3.05, 3.63) is 70.3 Å². The Balaban J connectivity index is 1.23. The number of benzene rings is 1. The van der Waals surface area contributed by atoms with Gasteiger partial charge in [0.2, 0.25) is 0 Å². The maximum absolute atomic E-state index is 12.2. The molecule has 1 fully saturated rings. The first-order chi connectivity index (χ1) is 14.2. The summed E-state index contributed by atoms with van der Waals surface area (Å²) >= 11 is 0. The van der Waals surface area contributed by atoms with Gasteiger partial charge in [-0.3, -0.25) is 9.78 Å². The second-order valence-electron chi connectivity index (χ2n) is 7.61. The lowest BCUT2D eigenvalue weighted by atomic mass is 10.0. The molecule has 0 saturated carbocycles. The molecule has 29 heavy (non-hydrogen) atoms. The van der Waals surface area contributed by atoms with Gasteiger partial charge in [-0.15, -0.1) is 0 Å². The molecule has 2 aromatic heterocycles. The Morgan fingerprint density at radius 3 is 2.76 bits per heavy atom. The van der Waals surface area contributed by atoms with E-state index in [1.807, 2.05) is 30.3 Å². The SMILES string of the molecule is N#Cc1ccc(NC2CCN(CCCc3cc4ncccc4c(=O)[nH]3)CC2)cc1. The number of nitriles is 1. The van der Waals surface area contributed by atoms with E-state index < -0.39 is 0 Å². The van der Waals surface area contributed by atoms with E-state index in [9.17, 15) is 4.79 Å². The number of anilines is 1. The average molecular weight is 387 g/mol. The van der Waals surface area contributed by atoms with Crippen LogP contribution in [0.3, 0.4) is 0 Å². The van der Waals surface area contributed by atoms with Crippen molar-refractivity contribution in [3.63, 3.8) is 0 Å². The van der Waals surface area contributed by atoms with Crippen LogP contribution in [0.25, 0.3) is 10.9 Å². The summed E-state index contributed by atoms with van der Waals surface area (Å²) in [6.45, 7) is 3.18. The minimum absolute atomic E-state index is 0.0553. The van der Waals surface area contributed by atoms with Crippen molar-refractivity contribution in [2.45, 2.75) is 31.7 Å². The first kappa shape index (κ1) is 19.2. The number of aromatic amines is 1. The molecule has 1 aliphatic rings. The van der Waals surface area contributed by atoms with E-state index in [4.69, 9.17) is 5.26 Å². The predicted octanol–water partition coefficient (Wildman–Crippen LogP) is 3.30. The molecule has 0 bridgehead atoms. The Kier molecular flexibility index (Phi) is 5.87. The van der Waals surface area contributed by atoms with Gasteiger partial charge in [-0.1, -0.05) is 0 Å². The summed E-state index contributed by atoms with van der Waals surface area (Å²) in [4.78, 5) is 21.9. The number of fused-ring (bicyclic) bond motifs is 1. The number of H-pyrrole nitrogens is 1. The maximum atomic E-state index is 12.2. The minimum atomic E-state index is -0.0553. The number of piperidine rings is 1. The summed E-state index contributed by atoms with van der Waals surface area (Å²) in [6, 6.07) is 15.9. The van der Waals surface area contributed by atoms with E-state index in [0.717, 1.165) is 62.2 Å².